The number of hydrogen-bond donors (Lipinski definition) is 0. The van der Waals surface area contributed by atoms with Gasteiger partial charge in [-0.05, 0) is 17.6 Å². The van der Waals surface area contributed by atoms with Gasteiger partial charge in [0.15, 0.2) is 0 Å². The largest absolute Gasteiger partial charge is 0.498 e. The summed E-state index contributed by atoms with van der Waals surface area (Å²) in [7, 11) is 0. The van der Waals surface area contributed by atoms with Crippen LogP contribution >= 0.6 is 12.4 Å². The summed E-state index contributed by atoms with van der Waals surface area (Å²) in [6.07, 6.45) is 3.27. The lowest BCUT2D eigenvalue weighted by Crippen LogP contribution is -2.29. The minimum Gasteiger partial charge on any atom is -0.498 e. The van der Waals surface area contributed by atoms with Gasteiger partial charge in [0.2, 0.25) is 0 Å². The lowest BCUT2D eigenvalue weighted by atomic mass is 10.1. The molecule has 0 bridgehead atoms. The van der Waals surface area contributed by atoms with Gasteiger partial charge in [-0.25, -0.2) is 0 Å². The molecule has 0 aromatic heterocycles. The van der Waals surface area contributed by atoms with E-state index in [0.717, 1.165) is 32.7 Å². The van der Waals surface area contributed by atoms with Gasteiger partial charge in [-0.15, -0.1) is 12.4 Å². The molecule has 2 nitrogen and oxygen atoms in total. The maximum atomic E-state index is 5.78. The number of ether oxygens (including phenoxy) is 1. The first-order valence-corrected chi connectivity index (χ1v) is 6.82. The molecule has 3 heteroatoms. The Morgan fingerprint density at radius 3 is 2.53 bits per heavy atom. The van der Waals surface area contributed by atoms with Gasteiger partial charge in [-0.3, -0.25) is 4.90 Å². The van der Waals surface area contributed by atoms with Crippen LogP contribution in [0.1, 0.15) is 25.8 Å². The third-order valence-electron chi connectivity index (χ3n) is 3.10. The second-order valence-electron chi connectivity index (χ2n) is 5.35. The van der Waals surface area contributed by atoms with E-state index in [0.29, 0.717) is 5.92 Å². The van der Waals surface area contributed by atoms with Crippen molar-refractivity contribution < 1.29 is 4.74 Å². The molecule has 1 aromatic rings. The first-order valence-electron chi connectivity index (χ1n) is 6.82. The summed E-state index contributed by atoms with van der Waals surface area (Å²) in [5.74, 6) is 1.78. The second-order valence-corrected chi connectivity index (χ2v) is 5.35. The van der Waals surface area contributed by atoms with Gasteiger partial charge in [0.05, 0.1) is 12.4 Å². The van der Waals surface area contributed by atoms with Crippen molar-refractivity contribution in [2.24, 2.45) is 5.92 Å². The smallest absolute Gasteiger partial charge is 0.0945 e. The van der Waals surface area contributed by atoms with Crippen LogP contribution < -0.4 is 0 Å². The number of nitrogens with zero attached hydrogens (tertiary/aromatic N) is 1. The van der Waals surface area contributed by atoms with E-state index in [-0.39, 0.29) is 12.4 Å². The standard InChI is InChI=1S/C16H23NO.ClH/c1-14(2)13-18-16-8-10-17(11-9-16)12-15-6-4-3-5-7-15;/h3-8,14H,9-13H2,1-2H3;1H. The maximum Gasteiger partial charge on any atom is 0.0945 e. The number of benzene rings is 1. The molecule has 0 atom stereocenters. The average Bonchev–Trinajstić information content (AvgIpc) is 2.39. The van der Waals surface area contributed by atoms with Gasteiger partial charge in [0, 0.05) is 26.1 Å². The van der Waals surface area contributed by atoms with Crippen molar-refractivity contribution in [3.8, 4) is 0 Å². The fraction of sp³-hybridized carbons (Fsp3) is 0.500. The van der Waals surface area contributed by atoms with Gasteiger partial charge < -0.3 is 4.74 Å². The molecular formula is C16H24ClNO. The highest BCUT2D eigenvalue weighted by Gasteiger charge is 2.12. The van der Waals surface area contributed by atoms with Crippen LogP contribution in [0.5, 0.6) is 0 Å². The highest BCUT2D eigenvalue weighted by Crippen LogP contribution is 2.15. The number of rotatable bonds is 5. The van der Waals surface area contributed by atoms with Gasteiger partial charge in [-0.2, -0.15) is 0 Å². The van der Waals surface area contributed by atoms with E-state index in [9.17, 15) is 0 Å². The van der Waals surface area contributed by atoms with Crippen LogP contribution in [0.15, 0.2) is 42.2 Å². The van der Waals surface area contributed by atoms with E-state index in [2.05, 4.69) is 55.2 Å². The normalized spacial score (nSPS) is 15.8. The molecule has 1 aromatic carbocycles. The van der Waals surface area contributed by atoms with Crippen LogP contribution in [0, 0.1) is 5.92 Å². The van der Waals surface area contributed by atoms with Crippen molar-refractivity contribution in [1.82, 2.24) is 4.90 Å². The van der Waals surface area contributed by atoms with Crippen LogP contribution in [0.2, 0.25) is 0 Å². The predicted octanol–water partition coefficient (Wildman–Crippen LogP) is 3.87. The minimum absolute atomic E-state index is 0. The molecule has 1 aliphatic rings. The summed E-state index contributed by atoms with van der Waals surface area (Å²) in [5.41, 5.74) is 1.39. The van der Waals surface area contributed by atoms with Crippen molar-refractivity contribution in [1.29, 1.82) is 0 Å². The van der Waals surface area contributed by atoms with Crippen molar-refractivity contribution in [2.75, 3.05) is 19.7 Å². The molecule has 0 fully saturated rings. The van der Waals surface area contributed by atoms with Crippen molar-refractivity contribution in [2.45, 2.75) is 26.8 Å². The molecular weight excluding hydrogens is 258 g/mol. The molecule has 1 aliphatic heterocycles. The first kappa shape index (κ1) is 16.1. The van der Waals surface area contributed by atoms with E-state index in [1.165, 1.54) is 11.3 Å². The predicted molar refractivity (Wildman–Crippen MR) is 82.5 cm³/mol. The first-order chi connectivity index (χ1) is 8.74. The highest BCUT2D eigenvalue weighted by molar-refractivity contribution is 5.85. The summed E-state index contributed by atoms with van der Waals surface area (Å²) in [5, 5.41) is 0. The monoisotopic (exact) mass is 281 g/mol. The Morgan fingerprint density at radius 1 is 1.21 bits per heavy atom. The Labute approximate surface area is 122 Å². The molecule has 0 spiro atoms. The zero-order chi connectivity index (χ0) is 12.8. The van der Waals surface area contributed by atoms with Crippen LogP contribution in [0.25, 0.3) is 0 Å². The molecule has 2 rings (SSSR count). The van der Waals surface area contributed by atoms with Gasteiger partial charge in [0.25, 0.3) is 0 Å². The molecule has 0 aliphatic carbocycles. The highest BCUT2D eigenvalue weighted by atomic mass is 35.5. The summed E-state index contributed by atoms with van der Waals surface area (Å²) in [6, 6.07) is 10.7. The van der Waals surface area contributed by atoms with E-state index < -0.39 is 0 Å². The third-order valence-corrected chi connectivity index (χ3v) is 3.10. The molecule has 0 saturated carbocycles. The third kappa shape index (κ3) is 5.66. The Balaban J connectivity index is 0.00000180. The molecule has 0 unspecified atom stereocenters. The Kier molecular flexibility index (Phi) is 6.96. The molecule has 0 radical (unpaired) electrons. The average molecular weight is 282 g/mol. The van der Waals surface area contributed by atoms with E-state index in [1.54, 1.807) is 0 Å². The van der Waals surface area contributed by atoms with Crippen LogP contribution in [-0.2, 0) is 11.3 Å². The minimum atomic E-state index is 0. The van der Waals surface area contributed by atoms with Gasteiger partial charge in [0.1, 0.15) is 0 Å². The summed E-state index contributed by atoms with van der Waals surface area (Å²) in [6.45, 7) is 8.34. The molecule has 19 heavy (non-hydrogen) atoms. The molecule has 1 heterocycles. The molecule has 0 saturated heterocycles. The summed E-state index contributed by atoms with van der Waals surface area (Å²) < 4.78 is 5.78. The topological polar surface area (TPSA) is 12.5 Å². The van der Waals surface area contributed by atoms with Gasteiger partial charge in [-0.1, -0.05) is 44.2 Å². The molecule has 0 N–H and O–H groups in total. The van der Waals surface area contributed by atoms with Crippen LogP contribution in [-0.4, -0.2) is 24.6 Å². The zero-order valence-electron chi connectivity index (χ0n) is 11.8. The molecule has 0 amide bonds. The quantitative estimate of drug-likeness (QED) is 0.812. The van der Waals surface area contributed by atoms with Crippen LogP contribution in [0.4, 0.5) is 0 Å². The van der Waals surface area contributed by atoms with E-state index in [4.69, 9.17) is 4.74 Å². The van der Waals surface area contributed by atoms with E-state index >= 15 is 0 Å². The van der Waals surface area contributed by atoms with E-state index in [1.807, 2.05) is 0 Å². The Hall–Kier alpha value is -0.990. The summed E-state index contributed by atoms with van der Waals surface area (Å²) in [4.78, 5) is 2.46. The SMILES string of the molecule is CC(C)COC1=CCN(Cc2ccccc2)CC1.Cl. The van der Waals surface area contributed by atoms with Crippen molar-refractivity contribution >= 4 is 12.4 Å². The fourth-order valence-electron chi connectivity index (χ4n) is 2.08. The lowest BCUT2D eigenvalue weighted by Gasteiger charge is -2.26. The number of hydrogen-bond acceptors (Lipinski definition) is 2. The zero-order valence-corrected chi connectivity index (χ0v) is 12.7. The second kappa shape index (κ2) is 8.23. The Bertz CT molecular complexity index is 389. The maximum absolute atomic E-state index is 5.78. The van der Waals surface area contributed by atoms with Crippen LogP contribution in [0.3, 0.4) is 0 Å². The number of halogens is 1. The molecule has 106 valence electrons. The van der Waals surface area contributed by atoms with Crippen molar-refractivity contribution in [3.05, 3.63) is 47.7 Å². The fourth-order valence-corrected chi connectivity index (χ4v) is 2.08. The Morgan fingerprint density at radius 2 is 1.95 bits per heavy atom. The van der Waals surface area contributed by atoms with Crippen molar-refractivity contribution in [3.63, 3.8) is 0 Å². The van der Waals surface area contributed by atoms with Gasteiger partial charge >= 0.3 is 0 Å². The summed E-state index contributed by atoms with van der Waals surface area (Å²) >= 11 is 0. The lowest BCUT2D eigenvalue weighted by molar-refractivity contribution is 0.148.